The van der Waals surface area contributed by atoms with E-state index in [1.807, 2.05) is 72.3 Å². The molecule has 1 atom stereocenters. The SMILES string of the molecule is Cc1c(-c2cc(OCC(O[Si](C)(C)C(C)(C)C)c3ccc(F)cn3)c3c(B4OC(C)(C)C(C)(C)O4)cnn3c2)nn2c1CN(C(=O)OC(C)(C)C)CC2. The summed E-state index contributed by atoms with van der Waals surface area (Å²) in [5, 5.41) is 9.69. The van der Waals surface area contributed by atoms with E-state index in [4.69, 9.17) is 33.4 Å². The molecule has 0 N–H and O–H groups in total. The van der Waals surface area contributed by atoms with Crippen molar-refractivity contribution in [1.29, 1.82) is 0 Å². The second-order valence-corrected chi connectivity index (χ2v) is 22.5. The molecule has 6 heterocycles. The number of ether oxygens (including phenoxy) is 2. The molecule has 0 spiro atoms. The Hall–Kier alpha value is -3.79. The van der Waals surface area contributed by atoms with Crippen LogP contribution in [-0.4, -0.2) is 80.8 Å². The Morgan fingerprint density at radius 3 is 2.34 bits per heavy atom. The summed E-state index contributed by atoms with van der Waals surface area (Å²) in [7, 11) is -3.02. The molecule has 1 unspecified atom stereocenters. The van der Waals surface area contributed by atoms with Crippen molar-refractivity contribution in [3.05, 3.63) is 59.6 Å². The maximum absolute atomic E-state index is 14.0. The Morgan fingerprint density at radius 2 is 1.74 bits per heavy atom. The van der Waals surface area contributed by atoms with Crippen LogP contribution in [0.25, 0.3) is 16.8 Å². The summed E-state index contributed by atoms with van der Waals surface area (Å²) in [5.74, 6) is 0.102. The first-order valence-corrected chi connectivity index (χ1v) is 21.2. The highest BCUT2D eigenvalue weighted by molar-refractivity contribution is 6.74. The maximum atomic E-state index is 14.0. The zero-order chi connectivity index (χ0) is 38.9. The smallest absolute Gasteiger partial charge is 0.488 e. The van der Waals surface area contributed by atoms with Gasteiger partial charge in [-0.25, -0.2) is 13.7 Å². The largest absolute Gasteiger partial charge is 0.498 e. The van der Waals surface area contributed by atoms with Gasteiger partial charge in [-0.15, -0.1) is 0 Å². The summed E-state index contributed by atoms with van der Waals surface area (Å²) in [6.45, 7) is 28.0. The van der Waals surface area contributed by atoms with Gasteiger partial charge in [-0.3, -0.25) is 9.67 Å². The van der Waals surface area contributed by atoms with Gasteiger partial charge in [-0.2, -0.15) is 10.2 Å². The van der Waals surface area contributed by atoms with E-state index in [1.54, 1.807) is 21.7 Å². The molecular formula is C38H54BFN6O6Si. The van der Waals surface area contributed by atoms with E-state index in [2.05, 4.69) is 38.8 Å². The number of carbonyl (C=O) groups is 1. The first-order chi connectivity index (χ1) is 24.5. The molecule has 1 fully saturated rings. The minimum atomic E-state index is -2.33. The lowest BCUT2D eigenvalue weighted by Gasteiger charge is -2.39. The van der Waals surface area contributed by atoms with Crippen LogP contribution in [0.4, 0.5) is 9.18 Å². The predicted molar refractivity (Wildman–Crippen MR) is 204 cm³/mol. The maximum Gasteiger partial charge on any atom is 0.498 e. The molecule has 1 amide bonds. The third-order valence-corrected chi connectivity index (χ3v) is 15.5. The molecular weight excluding hydrogens is 694 g/mol. The van der Waals surface area contributed by atoms with Crippen molar-refractivity contribution in [2.75, 3.05) is 13.2 Å². The average Bonchev–Trinajstić information content (AvgIpc) is 3.68. The van der Waals surface area contributed by atoms with E-state index in [1.165, 1.54) is 12.3 Å². The second-order valence-electron chi connectivity index (χ2n) is 17.7. The summed E-state index contributed by atoms with van der Waals surface area (Å²) in [6.07, 6.45) is 3.96. The topological polar surface area (TPSA) is 114 Å². The number of rotatable bonds is 8. The van der Waals surface area contributed by atoms with Crippen molar-refractivity contribution < 1.29 is 32.4 Å². The fourth-order valence-electron chi connectivity index (χ4n) is 6.15. The summed E-state index contributed by atoms with van der Waals surface area (Å²) >= 11 is 0. The Bertz CT molecular complexity index is 1980. The molecule has 4 aromatic rings. The quantitative estimate of drug-likeness (QED) is 0.172. The van der Waals surface area contributed by atoms with Crippen LogP contribution in [0.1, 0.15) is 92.3 Å². The van der Waals surface area contributed by atoms with Crippen LogP contribution in [0.15, 0.2) is 36.8 Å². The van der Waals surface area contributed by atoms with Gasteiger partial charge in [-0.1, -0.05) is 20.8 Å². The van der Waals surface area contributed by atoms with Crippen molar-refractivity contribution in [1.82, 2.24) is 29.3 Å². The molecule has 0 bridgehead atoms. The Balaban J connectivity index is 1.41. The number of pyridine rings is 2. The highest BCUT2D eigenvalue weighted by Gasteiger charge is 2.53. The monoisotopic (exact) mass is 748 g/mol. The number of fused-ring (bicyclic) bond motifs is 2. The average molecular weight is 749 g/mol. The van der Waals surface area contributed by atoms with Crippen LogP contribution in [0.5, 0.6) is 5.75 Å². The van der Waals surface area contributed by atoms with Gasteiger partial charge in [0.05, 0.1) is 47.6 Å². The molecule has 53 heavy (non-hydrogen) atoms. The molecule has 0 radical (unpaired) electrons. The number of hydrogen-bond donors (Lipinski definition) is 0. The third-order valence-electron chi connectivity index (χ3n) is 11.0. The van der Waals surface area contributed by atoms with E-state index < -0.39 is 44.2 Å². The Labute approximate surface area is 313 Å². The van der Waals surface area contributed by atoms with Gasteiger partial charge in [0.15, 0.2) is 8.32 Å². The molecule has 0 saturated carbocycles. The van der Waals surface area contributed by atoms with Crippen LogP contribution in [0.2, 0.25) is 18.1 Å². The molecule has 15 heteroatoms. The molecule has 1 saturated heterocycles. The van der Waals surface area contributed by atoms with E-state index in [9.17, 15) is 9.18 Å². The normalized spacial score (nSPS) is 18.0. The molecule has 2 aliphatic rings. The summed E-state index contributed by atoms with van der Waals surface area (Å²) in [5.41, 5.74) is 3.66. The summed E-state index contributed by atoms with van der Waals surface area (Å²) in [4.78, 5) is 19.1. The molecule has 2 aliphatic heterocycles. The lowest BCUT2D eigenvalue weighted by Crippen LogP contribution is -2.43. The van der Waals surface area contributed by atoms with Crippen LogP contribution in [0, 0.1) is 12.7 Å². The van der Waals surface area contributed by atoms with E-state index in [0.717, 1.165) is 28.0 Å². The van der Waals surface area contributed by atoms with E-state index in [-0.39, 0.29) is 17.7 Å². The number of amides is 1. The molecule has 4 aromatic heterocycles. The number of hydrogen-bond acceptors (Lipinski definition) is 9. The molecule has 0 aromatic carbocycles. The van der Waals surface area contributed by atoms with Gasteiger partial charge < -0.3 is 28.1 Å². The van der Waals surface area contributed by atoms with Gasteiger partial charge in [0.2, 0.25) is 0 Å². The highest BCUT2D eigenvalue weighted by Crippen LogP contribution is 2.41. The zero-order valence-electron chi connectivity index (χ0n) is 33.5. The number of nitrogens with zero attached hydrogens (tertiary/aromatic N) is 6. The first kappa shape index (κ1) is 38.9. The van der Waals surface area contributed by atoms with Gasteiger partial charge in [0, 0.05) is 35.5 Å². The Morgan fingerprint density at radius 1 is 1.06 bits per heavy atom. The third kappa shape index (κ3) is 7.76. The van der Waals surface area contributed by atoms with Gasteiger partial charge in [0.1, 0.15) is 35.4 Å². The number of aromatic nitrogens is 5. The fraction of sp³-hybridized carbons (Fsp3) is 0.579. The minimum absolute atomic E-state index is 0.0926. The van der Waals surface area contributed by atoms with Crippen molar-refractivity contribution in [3.63, 3.8) is 0 Å². The van der Waals surface area contributed by atoms with Crippen LogP contribution in [0.3, 0.4) is 0 Å². The molecule has 6 rings (SSSR count). The number of carbonyl (C=O) groups excluding carboxylic acids is 1. The van der Waals surface area contributed by atoms with Crippen molar-refractivity contribution in [2.45, 2.75) is 130 Å². The number of halogens is 1. The standard InChI is InChI=1S/C38H54BFN6O6Si/c1-24-29-22-44(34(47)49-35(2,3)4)16-17-45(29)43-32(24)25-18-30(33-27(20-42-46(33)21-25)39-51-37(8,9)38(10,11)52-39)48-23-31(28-15-14-26(40)19-41-28)50-53(12,13)36(5,6)7/h14-15,18-21,31H,16-17,22-23H2,1-13H3. The summed E-state index contributed by atoms with van der Waals surface area (Å²) < 4.78 is 50.0. The molecule has 286 valence electrons. The Kier molecular flexibility index (Phi) is 9.92. The van der Waals surface area contributed by atoms with Crippen LogP contribution < -0.4 is 10.2 Å². The van der Waals surface area contributed by atoms with Crippen LogP contribution >= 0.6 is 0 Å². The lowest BCUT2D eigenvalue weighted by atomic mass is 9.80. The van der Waals surface area contributed by atoms with E-state index in [0.29, 0.717) is 36.6 Å². The predicted octanol–water partition coefficient (Wildman–Crippen LogP) is 7.23. The lowest BCUT2D eigenvalue weighted by molar-refractivity contribution is 0.00578. The van der Waals surface area contributed by atoms with Crippen molar-refractivity contribution >= 4 is 32.5 Å². The fourth-order valence-corrected chi connectivity index (χ4v) is 7.40. The van der Waals surface area contributed by atoms with Crippen molar-refractivity contribution in [2.24, 2.45) is 0 Å². The van der Waals surface area contributed by atoms with Gasteiger partial charge in [0.25, 0.3) is 0 Å². The zero-order valence-corrected chi connectivity index (χ0v) is 34.5. The van der Waals surface area contributed by atoms with E-state index >= 15 is 0 Å². The minimum Gasteiger partial charge on any atom is -0.488 e. The van der Waals surface area contributed by atoms with Gasteiger partial charge >= 0.3 is 13.2 Å². The second kappa shape index (κ2) is 13.5. The molecule has 12 nitrogen and oxygen atoms in total. The summed E-state index contributed by atoms with van der Waals surface area (Å²) in [6, 6.07) is 5.00. The highest BCUT2D eigenvalue weighted by atomic mass is 28.4. The molecule has 0 aliphatic carbocycles. The van der Waals surface area contributed by atoms with Crippen molar-refractivity contribution in [3.8, 4) is 17.0 Å². The first-order valence-electron chi connectivity index (χ1n) is 18.3. The van der Waals surface area contributed by atoms with Crippen LogP contribution in [-0.2, 0) is 31.6 Å². The van der Waals surface area contributed by atoms with Gasteiger partial charge in [-0.05, 0) is 91.7 Å².